The Morgan fingerprint density at radius 3 is 2.54 bits per heavy atom. The summed E-state index contributed by atoms with van der Waals surface area (Å²) in [4.78, 5) is 0. The number of anilines is 1. The number of rotatable bonds is 7. The Morgan fingerprint density at radius 2 is 1.92 bits per heavy atom. The Bertz CT molecular complexity index is 817. The van der Waals surface area contributed by atoms with E-state index in [9.17, 15) is 13.5 Å². The summed E-state index contributed by atoms with van der Waals surface area (Å²) in [7, 11) is -3.68. The van der Waals surface area contributed by atoms with E-state index < -0.39 is 10.0 Å². The van der Waals surface area contributed by atoms with Crippen LogP contribution in [0.15, 0.2) is 47.9 Å². The monoisotopic (exact) mass is 367 g/mol. The second-order valence-corrected chi connectivity index (χ2v) is 6.92. The van der Waals surface area contributed by atoms with Crippen molar-refractivity contribution in [3.63, 3.8) is 0 Å². The van der Waals surface area contributed by atoms with Crippen molar-refractivity contribution in [2.24, 2.45) is 0 Å². The molecule has 2 aromatic rings. The molecule has 0 unspecified atom stereocenters. The number of aliphatic hydroxyl groups excluding tert-OH is 1. The molecule has 0 saturated heterocycles. The van der Waals surface area contributed by atoms with Gasteiger partial charge in [0.15, 0.2) is 0 Å². The van der Waals surface area contributed by atoms with Crippen LogP contribution in [0.25, 0.3) is 6.08 Å². The van der Waals surface area contributed by atoms with Crippen LogP contribution in [0.3, 0.4) is 0 Å². The highest BCUT2D eigenvalue weighted by Crippen LogP contribution is 2.24. The quantitative estimate of drug-likeness (QED) is 0.783. The van der Waals surface area contributed by atoms with Crippen LogP contribution in [-0.2, 0) is 16.6 Å². The summed E-state index contributed by atoms with van der Waals surface area (Å²) in [5, 5.41) is 11.0. The van der Waals surface area contributed by atoms with E-state index in [0.29, 0.717) is 34.2 Å². The van der Waals surface area contributed by atoms with Gasteiger partial charge in [-0.2, -0.15) is 0 Å². The number of ether oxygens (including phenoxy) is 1. The molecule has 2 aromatic carbocycles. The zero-order valence-corrected chi connectivity index (χ0v) is 14.6. The Balaban J connectivity index is 2.15. The lowest BCUT2D eigenvalue weighted by Gasteiger charge is -2.11. The average molecular weight is 368 g/mol. The van der Waals surface area contributed by atoms with Crippen molar-refractivity contribution in [1.82, 2.24) is 0 Å². The van der Waals surface area contributed by atoms with E-state index in [-0.39, 0.29) is 6.61 Å². The molecule has 0 fully saturated rings. The largest absolute Gasteiger partial charge is 0.494 e. The third-order valence-corrected chi connectivity index (χ3v) is 4.37. The molecule has 7 heteroatoms. The van der Waals surface area contributed by atoms with Crippen molar-refractivity contribution in [2.45, 2.75) is 13.5 Å². The molecule has 0 amide bonds. The van der Waals surface area contributed by atoms with Gasteiger partial charge in [-0.05, 0) is 48.9 Å². The van der Waals surface area contributed by atoms with Gasteiger partial charge in [0.2, 0.25) is 0 Å². The highest BCUT2D eigenvalue weighted by Gasteiger charge is 2.09. The maximum Gasteiger partial charge on any atom is 0.255 e. The molecular formula is C17H18ClNO4S. The molecule has 0 aliphatic carbocycles. The van der Waals surface area contributed by atoms with Gasteiger partial charge in [-0.25, -0.2) is 8.42 Å². The molecule has 0 spiro atoms. The van der Waals surface area contributed by atoms with Crippen LogP contribution in [0.5, 0.6) is 5.75 Å². The lowest BCUT2D eigenvalue weighted by atomic mass is 10.2. The molecule has 0 bridgehead atoms. The summed E-state index contributed by atoms with van der Waals surface area (Å²) in [5.74, 6) is 0.527. The van der Waals surface area contributed by atoms with E-state index in [4.69, 9.17) is 16.3 Å². The molecule has 0 heterocycles. The molecule has 2 N–H and O–H groups in total. The summed E-state index contributed by atoms with van der Waals surface area (Å²) in [6.07, 6.45) is 1.47. The molecule has 128 valence electrons. The minimum atomic E-state index is -3.68. The second-order valence-electron chi connectivity index (χ2n) is 4.92. The summed E-state index contributed by atoms with van der Waals surface area (Å²) >= 11 is 5.79. The van der Waals surface area contributed by atoms with Crippen LogP contribution in [0.1, 0.15) is 18.1 Å². The number of hydrogen-bond acceptors (Lipinski definition) is 4. The molecule has 0 saturated carbocycles. The standard InChI is InChI=1S/C17H18ClNO4S/c1-2-23-17-8-7-16(11-14(17)12-20)19-24(21,22)10-9-13-3-5-15(18)6-4-13/h3-11,19-20H,2,12H2,1H3. The second kappa shape index (κ2) is 8.19. The molecule has 0 aromatic heterocycles. The first-order valence-electron chi connectivity index (χ1n) is 7.26. The van der Waals surface area contributed by atoms with Gasteiger partial charge in [0.1, 0.15) is 5.75 Å². The number of benzene rings is 2. The van der Waals surface area contributed by atoms with Crippen LogP contribution in [0.4, 0.5) is 5.69 Å². The first kappa shape index (κ1) is 18.3. The minimum absolute atomic E-state index is 0.245. The van der Waals surface area contributed by atoms with E-state index in [1.54, 1.807) is 42.5 Å². The van der Waals surface area contributed by atoms with Crippen LogP contribution in [0.2, 0.25) is 5.02 Å². The van der Waals surface area contributed by atoms with Gasteiger partial charge in [0.25, 0.3) is 10.0 Å². The highest BCUT2D eigenvalue weighted by atomic mass is 35.5. The van der Waals surface area contributed by atoms with Crippen molar-refractivity contribution < 1.29 is 18.3 Å². The normalized spacial score (nSPS) is 11.6. The number of halogens is 1. The fourth-order valence-corrected chi connectivity index (χ4v) is 2.99. The van der Waals surface area contributed by atoms with Gasteiger partial charge in [0, 0.05) is 16.3 Å². The lowest BCUT2D eigenvalue weighted by molar-refractivity contribution is 0.267. The minimum Gasteiger partial charge on any atom is -0.494 e. The van der Waals surface area contributed by atoms with Gasteiger partial charge >= 0.3 is 0 Å². The first-order valence-corrected chi connectivity index (χ1v) is 9.19. The van der Waals surface area contributed by atoms with E-state index in [0.717, 1.165) is 5.41 Å². The van der Waals surface area contributed by atoms with Crippen molar-refractivity contribution in [3.8, 4) is 5.75 Å². The van der Waals surface area contributed by atoms with E-state index in [1.807, 2.05) is 6.92 Å². The summed E-state index contributed by atoms with van der Waals surface area (Å²) in [6.45, 7) is 2.05. The van der Waals surface area contributed by atoms with Crippen LogP contribution in [-0.4, -0.2) is 20.1 Å². The molecule has 5 nitrogen and oxygen atoms in total. The number of hydrogen-bond donors (Lipinski definition) is 2. The van der Waals surface area contributed by atoms with Crippen molar-refractivity contribution in [1.29, 1.82) is 0 Å². The third kappa shape index (κ3) is 5.26. The number of aliphatic hydroxyl groups is 1. The van der Waals surface area contributed by atoms with Crippen LogP contribution >= 0.6 is 11.6 Å². The topological polar surface area (TPSA) is 75.6 Å². The maximum absolute atomic E-state index is 12.1. The molecular weight excluding hydrogens is 350 g/mol. The first-order chi connectivity index (χ1) is 11.4. The number of nitrogens with one attached hydrogen (secondary N) is 1. The van der Waals surface area contributed by atoms with Crippen molar-refractivity contribution in [2.75, 3.05) is 11.3 Å². The number of sulfonamides is 1. The van der Waals surface area contributed by atoms with Gasteiger partial charge in [-0.1, -0.05) is 23.7 Å². The van der Waals surface area contributed by atoms with Gasteiger partial charge in [-0.15, -0.1) is 0 Å². The van der Waals surface area contributed by atoms with E-state index in [2.05, 4.69) is 4.72 Å². The Kier molecular flexibility index (Phi) is 6.25. The fourth-order valence-electron chi connectivity index (χ4n) is 2.00. The van der Waals surface area contributed by atoms with Gasteiger partial charge < -0.3 is 9.84 Å². The van der Waals surface area contributed by atoms with Crippen LogP contribution in [0, 0.1) is 0 Å². The Labute approximate surface area is 146 Å². The van der Waals surface area contributed by atoms with E-state index >= 15 is 0 Å². The third-order valence-electron chi connectivity index (χ3n) is 3.10. The zero-order chi connectivity index (χ0) is 17.6. The molecule has 0 atom stereocenters. The van der Waals surface area contributed by atoms with Crippen molar-refractivity contribution in [3.05, 3.63) is 64.0 Å². The maximum atomic E-state index is 12.1. The highest BCUT2D eigenvalue weighted by molar-refractivity contribution is 7.95. The molecule has 24 heavy (non-hydrogen) atoms. The zero-order valence-electron chi connectivity index (χ0n) is 13.1. The molecule has 0 aliphatic heterocycles. The lowest BCUT2D eigenvalue weighted by Crippen LogP contribution is -2.09. The SMILES string of the molecule is CCOc1ccc(NS(=O)(=O)C=Cc2ccc(Cl)cc2)cc1CO. The Morgan fingerprint density at radius 1 is 1.21 bits per heavy atom. The Hall–Kier alpha value is -2.02. The van der Waals surface area contributed by atoms with Gasteiger partial charge in [-0.3, -0.25) is 4.72 Å². The molecule has 0 radical (unpaired) electrons. The van der Waals surface area contributed by atoms with Gasteiger partial charge in [0.05, 0.1) is 18.6 Å². The van der Waals surface area contributed by atoms with Crippen LogP contribution < -0.4 is 9.46 Å². The average Bonchev–Trinajstić information content (AvgIpc) is 2.55. The molecule has 0 aliphatic rings. The van der Waals surface area contributed by atoms with E-state index in [1.165, 1.54) is 6.08 Å². The smallest absolute Gasteiger partial charge is 0.255 e. The fraction of sp³-hybridized carbons (Fsp3) is 0.176. The predicted octanol–water partition coefficient (Wildman–Crippen LogP) is 3.64. The summed E-state index contributed by atoms with van der Waals surface area (Å²) < 4.78 is 32.1. The predicted molar refractivity (Wildman–Crippen MR) is 96.6 cm³/mol. The summed E-state index contributed by atoms with van der Waals surface area (Å²) in [6, 6.07) is 11.5. The molecule has 2 rings (SSSR count). The summed E-state index contributed by atoms with van der Waals surface area (Å²) in [5.41, 5.74) is 1.58. The van der Waals surface area contributed by atoms with Crippen molar-refractivity contribution >= 4 is 33.4 Å².